The van der Waals surface area contributed by atoms with E-state index in [1.807, 2.05) is 0 Å². The molecule has 1 saturated carbocycles. The molecule has 2 rings (SSSR count). The maximum atomic E-state index is 5.81. The fraction of sp³-hybridized carbons (Fsp3) is 0.833. The zero-order valence-corrected chi connectivity index (χ0v) is 10.1. The zero-order chi connectivity index (χ0) is 10.7. The quantitative estimate of drug-likeness (QED) is 0.776. The van der Waals surface area contributed by atoms with E-state index < -0.39 is 0 Å². The van der Waals surface area contributed by atoms with Crippen molar-refractivity contribution in [1.82, 2.24) is 10.2 Å². The monoisotopic (exact) mass is 228 g/mol. The molecule has 0 aromatic carbocycles. The maximum Gasteiger partial charge on any atom is 0.0335 e. The van der Waals surface area contributed by atoms with Crippen LogP contribution in [0.4, 0.5) is 0 Å². The smallest absolute Gasteiger partial charge is 0.0335 e. The normalized spacial score (nSPS) is 24.3. The zero-order valence-electron chi connectivity index (χ0n) is 9.34. The van der Waals surface area contributed by atoms with Crippen molar-refractivity contribution < 1.29 is 0 Å². The molecule has 0 aromatic heterocycles. The molecule has 15 heavy (non-hydrogen) atoms. The van der Waals surface area contributed by atoms with E-state index in [4.69, 9.17) is 11.6 Å². The fourth-order valence-electron chi connectivity index (χ4n) is 2.19. The van der Waals surface area contributed by atoms with E-state index in [1.165, 1.54) is 32.2 Å². The van der Waals surface area contributed by atoms with Crippen molar-refractivity contribution in [2.24, 2.45) is 5.92 Å². The highest BCUT2D eigenvalue weighted by Crippen LogP contribution is 2.28. The molecule has 0 atom stereocenters. The van der Waals surface area contributed by atoms with Crippen LogP contribution in [0.2, 0.25) is 0 Å². The van der Waals surface area contributed by atoms with Gasteiger partial charge in [0.1, 0.15) is 0 Å². The Hall–Kier alpha value is -0.0500. The summed E-state index contributed by atoms with van der Waals surface area (Å²) in [5.41, 5.74) is 0. The largest absolute Gasteiger partial charge is 0.314 e. The third kappa shape index (κ3) is 4.13. The van der Waals surface area contributed by atoms with Crippen LogP contribution in [0.5, 0.6) is 0 Å². The van der Waals surface area contributed by atoms with Gasteiger partial charge in [0.2, 0.25) is 0 Å². The summed E-state index contributed by atoms with van der Waals surface area (Å²) in [6.07, 6.45) is 5.41. The highest BCUT2D eigenvalue weighted by Gasteiger charge is 2.24. The summed E-state index contributed by atoms with van der Waals surface area (Å²) in [4.78, 5) is 2.39. The number of hydrogen-bond acceptors (Lipinski definition) is 2. The molecule has 1 heterocycles. The van der Waals surface area contributed by atoms with Gasteiger partial charge in [-0.25, -0.2) is 0 Å². The summed E-state index contributed by atoms with van der Waals surface area (Å²) in [7, 11) is 0. The summed E-state index contributed by atoms with van der Waals surface area (Å²) in [6.45, 7) is 8.17. The molecule has 0 unspecified atom stereocenters. The SMILES string of the molecule is C=C(Cl)CN1CCC(NCC2CC2)CC1. The second-order valence-electron chi connectivity index (χ2n) is 4.92. The molecule has 0 radical (unpaired) electrons. The van der Waals surface area contributed by atoms with Gasteiger partial charge in [0.05, 0.1) is 0 Å². The molecular formula is C12H21ClN2. The lowest BCUT2D eigenvalue weighted by Crippen LogP contribution is -2.43. The number of nitrogens with zero attached hydrogens (tertiary/aromatic N) is 1. The summed E-state index contributed by atoms with van der Waals surface area (Å²) >= 11 is 5.81. The van der Waals surface area contributed by atoms with Gasteiger partial charge in [0.25, 0.3) is 0 Å². The minimum atomic E-state index is 0.741. The van der Waals surface area contributed by atoms with E-state index in [0.717, 1.165) is 36.6 Å². The second kappa shape index (κ2) is 5.33. The summed E-state index contributed by atoms with van der Waals surface area (Å²) in [5.74, 6) is 0.991. The minimum absolute atomic E-state index is 0.741. The number of halogens is 1. The number of likely N-dealkylation sites (tertiary alicyclic amines) is 1. The van der Waals surface area contributed by atoms with Crippen LogP contribution in [0.3, 0.4) is 0 Å². The van der Waals surface area contributed by atoms with E-state index in [-0.39, 0.29) is 0 Å². The molecule has 0 spiro atoms. The summed E-state index contributed by atoms with van der Waals surface area (Å²) < 4.78 is 0. The third-order valence-corrected chi connectivity index (χ3v) is 3.49. The molecule has 1 N–H and O–H groups in total. The molecular weight excluding hydrogens is 208 g/mol. The molecule has 86 valence electrons. The second-order valence-corrected chi connectivity index (χ2v) is 5.45. The van der Waals surface area contributed by atoms with Crippen molar-refractivity contribution in [3.05, 3.63) is 11.6 Å². The van der Waals surface area contributed by atoms with Gasteiger partial charge < -0.3 is 5.32 Å². The maximum absolute atomic E-state index is 5.81. The van der Waals surface area contributed by atoms with Crippen LogP contribution in [-0.4, -0.2) is 37.1 Å². The molecule has 2 fully saturated rings. The average Bonchev–Trinajstić information content (AvgIpc) is 2.99. The van der Waals surface area contributed by atoms with Gasteiger partial charge in [0, 0.05) is 30.7 Å². The van der Waals surface area contributed by atoms with E-state index in [0.29, 0.717) is 0 Å². The molecule has 3 heteroatoms. The van der Waals surface area contributed by atoms with Crippen molar-refractivity contribution in [2.45, 2.75) is 31.7 Å². The van der Waals surface area contributed by atoms with Gasteiger partial charge in [-0.15, -0.1) is 0 Å². The molecule has 1 aliphatic heterocycles. The van der Waals surface area contributed by atoms with E-state index in [2.05, 4.69) is 16.8 Å². The third-order valence-electron chi connectivity index (χ3n) is 3.37. The molecule has 2 aliphatic rings. The van der Waals surface area contributed by atoms with Crippen molar-refractivity contribution in [3.8, 4) is 0 Å². The van der Waals surface area contributed by atoms with Crippen molar-refractivity contribution >= 4 is 11.6 Å². The Morgan fingerprint density at radius 2 is 1.93 bits per heavy atom. The van der Waals surface area contributed by atoms with Crippen LogP contribution < -0.4 is 5.32 Å². The van der Waals surface area contributed by atoms with Gasteiger partial charge in [-0.1, -0.05) is 18.2 Å². The average molecular weight is 229 g/mol. The molecule has 1 aliphatic carbocycles. The van der Waals surface area contributed by atoms with Gasteiger partial charge in [-0.2, -0.15) is 0 Å². The Balaban J connectivity index is 1.60. The van der Waals surface area contributed by atoms with Crippen molar-refractivity contribution in [3.63, 3.8) is 0 Å². The van der Waals surface area contributed by atoms with Crippen LogP contribution in [-0.2, 0) is 0 Å². The van der Waals surface area contributed by atoms with Crippen LogP contribution in [0.1, 0.15) is 25.7 Å². The standard InChI is InChI=1S/C12H21ClN2/c1-10(13)9-15-6-4-12(5-7-15)14-8-11-2-3-11/h11-12,14H,1-9H2. The van der Waals surface area contributed by atoms with Gasteiger partial charge in [-0.3, -0.25) is 4.90 Å². The van der Waals surface area contributed by atoms with Crippen LogP contribution >= 0.6 is 11.6 Å². The highest BCUT2D eigenvalue weighted by molar-refractivity contribution is 6.29. The van der Waals surface area contributed by atoms with Crippen LogP contribution in [0.25, 0.3) is 0 Å². The van der Waals surface area contributed by atoms with Crippen LogP contribution in [0, 0.1) is 5.92 Å². The van der Waals surface area contributed by atoms with Gasteiger partial charge in [0.15, 0.2) is 0 Å². The number of piperidine rings is 1. The Labute approximate surface area is 97.7 Å². The molecule has 0 amide bonds. The first kappa shape index (κ1) is 11.4. The predicted octanol–water partition coefficient (Wildman–Crippen LogP) is 2.20. The van der Waals surface area contributed by atoms with E-state index in [9.17, 15) is 0 Å². The first-order valence-electron chi connectivity index (χ1n) is 6.03. The number of nitrogens with one attached hydrogen (secondary N) is 1. The lowest BCUT2D eigenvalue weighted by Gasteiger charge is -2.32. The van der Waals surface area contributed by atoms with Gasteiger partial charge >= 0.3 is 0 Å². The topological polar surface area (TPSA) is 15.3 Å². The number of rotatable bonds is 5. The van der Waals surface area contributed by atoms with Crippen molar-refractivity contribution in [2.75, 3.05) is 26.2 Å². The van der Waals surface area contributed by atoms with Crippen LogP contribution in [0.15, 0.2) is 11.6 Å². The number of hydrogen-bond donors (Lipinski definition) is 1. The first-order valence-corrected chi connectivity index (χ1v) is 6.41. The predicted molar refractivity (Wildman–Crippen MR) is 65.2 cm³/mol. The minimum Gasteiger partial charge on any atom is -0.314 e. The summed E-state index contributed by atoms with van der Waals surface area (Å²) in [6, 6.07) is 0.741. The Morgan fingerprint density at radius 1 is 1.27 bits per heavy atom. The Morgan fingerprint density at radius 3 is 2.47 bits per heavy atom. The molecule has 2 nitrogen and oxygen atoms in total. The van der Waals surface area contributed by atoms with Crippen molar-refractivity contribution in [1.29, 1.82) is 0 Å². The lowest BCUT2D eigenvalue weighted by molar-refractivity contribution is 0.213. The summed E-state index contributed by atoms with van der Waals surface area (Å²) in [5, 5.41) is 4.44. The molecule has 0 aromatic rings. The highest BCUT2D eigenvalue weighted by atomic mass is 35.5. The Kier molecular flexibility index (Phi) is 4.06. The fourth-order valence-corrected chi connectivity index (χ4v) is 2.36. The first-order chi connectivity index (χ1) is 7.24. The molecule has 0 bridgehead atoms. The van der Waals surface area contributed by atoms with Gasteiger partial charge in [-0.05, 0) is 38.1 Å². The van der Waals surface area contributed by atoms with E-state index in [1.54, 1.807) is 0 Å². The Bertz CT molecular complexity index is 218. The van der Waals surface area contributed by atoms with E-state index >= 15 is 0 Å². The molecule has 1 saturated heterocycles. The lowest BCUT2D eigenvalue weighted by atomic mass is 10.0.